The van der Waals surface area contributed by atoms with Crippen LogP contribution in [0, 0.1) is 19.0 Å². The van der Waals surface area contributed by atoms with Crippen LogP contribution in [-0.2, 0) is 20.8 Å². The largest absolute Gasteiger partial charge is 0.508 e. The van der Waals surface area contributed by atoms with Crippen molar-refractivity contribution >= 4 is 68.4 Å². The van der Waals surface area contributed by atoms with Crippen molar-refractivity contribution in [3.63, 3.8) is 0 Å². The lowest BCUT2D eigenvalue weighted by molar-refractivity contribution is -0.153. The number of Topliss-reactive ketones (excluding diaryl/α,β-unsaturated/α-hetero) is 2. The number of nitrogens with zero attached hydrogens (tertiary/aromatic N) is 1. The number of rotatable bonds is 2. The summed E-state index contributed by atoms with van der Waals surface area (Å²) in [5.41, 5.74) is 2.48. The van der Waals surface area contributed by atoms with Crippen LogP contribution in [0.25, 0.3) is 5.76 Å². The van der Waals surface area contributed by atoms with E-state index in [0.29, 0.717) is 9.13 Å². The van der Waals surface area contributed by atoms with Gasteiger partial charge in [0, 0.05) is 15.1 Å². The van der Waals surface area contributed by atoms with Gasteiger partial charge in [-0.1, -0.05) is 0 Å². The van der Waals surface area contributed by atoms with E-state index in [4.69, 9.17) is 5.73 Å². The highest BCUT2D eigenvalue weighted by Crippen LogP contribution is 2.53. The van der Waals surface area contributed by atoms with Crippen molar-refractivity contribution in [3.8, 4) is 5.75 Å². The van der Waals surface area contributed by atoms with E-state index in [1.165, 1.54) is 4.90 Å². The van der Waals surface area contributed by atoms with Crippen molar-refractivity contribution in [1.82, 2.24) is 4.90 Å². The number of hydrogen-bond donors (Lipinski definition) is 5. The van der Waals surface area contributed by atoms with Crippen LogP contribution >= 0.6 is 45.2 Å². The highest BCUT2D eigenvalue weighted by atomic mass is 127. The monoisotopic (exact) mass is 666 g/mol. The number of fused-ring (bicyclic) bond motifs is 3. The van der Waals surface area contributed by atoms with Gasteiger partial charge >= 0.3 is 0 Å². The summed E-state index contributed by atoms with van der Waals surface area (Å²) in [6, 6.07) is 0.672. The van der Waals surface area contributed by atoms with Crippen LogP contribution < -0.4 is 5.73 Å². The van der Waals surface area contributed by atoms with Crippen LogP contribution in [0.5, 0.6) is 5.75 Å². The molecule has 1 fully saturated rings. The van der Waals surface area contributed by atoms with Gasteiger partial charge in [0.2, 0.25) is 5.78 Å². The van der Waals surface area contributed by atoms with E-state index in [1.807, 2.05) is 22.6 Å². The third kappa shape index (κ3) is 2.97. The summed E-state index contributed by atoms with van der Waals surface area (Å²) in [6.45, 7) is 0. The van der Waals surface area contributed by atoms with Gasteiger partial charge in [-0.15, -0.1) is 0 Å². The molecule has 32 heavy (non-hydrogen) atoms. The van der Waals surface area contributed by atoms with Gasteiger partial charge in [-0.2, -0.15) is 0 Å². The standard InChI is InChI=1S/C21H20I2N2O7/c1-25(2)14-8-4-6-3-7-9(22)5-10(23)15(26)12(7)16(27)11(6)18(29)21(8,32)19(30)13(17(14)28)20(24)31/h5-6,8,14,26-27,30,32H,3-4H2,1-2H3,(H2,24,31). The second kappa shape index (κ2) is 7.67. The van der Waals surface area contributed by atoms with Gasteiger partial charge in [-0.25, -0.2) is 0 Å². The molecule has 3 aliphatic carbocycles. The Morgan fingerprint density at radius 1 is 1.19 bits per heavy atom. The maximum Gasteiger partial charge on any atom is 0.255 e. The van der Waals surface area contributed by atoms with E-state index in [9.17, 15) is 34.8 Å². The minimum atomic E-state index is -2.62. The topological polar surface area (TPSA) is 161 Å². The number of aromatic hydroxyl groups is 1. The molecule has 4 rings (SSSR count). The number of hydrogen-bond acceptors (Lipinski definition) is 8. The van der Waals surface area contributed by atoms with Gasteiger partial charge in [-0.3, -0.25) is 19.3 Å². The predicted octanol–water partition coefficient (Wildman–Crippen LogP) is 1.17. The number of aliphatic hydroxyl groups excluding tert-OH is 2. The second-order valence-electron chi connectivity index (χ2n) is 8.50. The summed E-state index contributed by atoms with van der Waals surface area (Å²) in [5, 5.41) is 43.9. The van der Waals surface area contributed by atoms with E-state index in [0.717, 1.165) is 3.57 Å². The molecule has 170 valence electrons. The van der Waals surface area contributed by atoms with E-state index in [2.05, 4.69) is 22.6 Å². The van der Waals surface area contributed by atoms with Crippen molar-refractivity contribution in [2.75, 3.05) is 14.1 Å². The van der Waals surface area contributed by atoms with Crippen LogP contribution in [0.4, 0.5) is 0 Å². The Labute approximate surface area is 210 Å². The number of likely N-dealkylation sites (N-methyl/N-ethyl adjacent to an activating group) is 1. The van der Waals surface area contributed by atoms with Crippen molar-refractivity contribution in [2.24, 2.45) is 17.6 Å². The number of nitrogens with two attached hydrogens (primary N) is 1. The molecule has 0 heterocycles. The van der Waals surface area contributed by atoms with Crippen molar-refractivity contribution < 1.29 is 34.8 Å². The fourth-order valence-electron chi connectivity index (χ4n) is 5.24. The van der Waals surface area contributed by atoms with Crippen LogP contribution in [0.1, 0.15) is 17.5 Å². The Morgan fingerprint density at radius 3 is 2.38 bits per heavy atom. The molecule has 3 aliphatic rings. The third-order valence-corrected chi connectivity index (χ3v) is 8.40. The number of primary amides is 1. The summed E-state index contributed by atoms with van der Waals surface area (Å²) in [7, 11) is 3.13. The SMILES string of the molecule is CN(C)C1C(=O)C(C(N)=O)=C(O)C2(O)C(=O)C3=C(O)c4c(O)c(I)cc(I)c4CC3CC12. The molecule has 1 saturated carbocycles. The molecule has 1 aromatic rings. The predicted molar refractivity (Wildman–Crippen MR) is 130 cm³/mol. The zero-order chi connectivity index (χ0) is 23.9. The summed E-state index contributed by atoms with van der Waals surface area (Å²) in [5.74, 6) is -6.42. The Bertz CT molecular complexity index is 1170. The molecular weight excluding hydrogens is 646 g/mol. The molecule has 0 radical (unpaired) electrons. The third-order valence-electron chi connectivity index (χ3n) is 6.62. The number of aliphatic hydroxyl groups is 3. The molecule has 6 N–H and O–H groups in total. The lowest BCUT2D eigenvalue weighted by Gasteiger charge is -2.50. The summed E-state index contributed by atoms with van der Waals surface area (Å²) in [6.07, 6.45) is 0.367. The number of ketones is 2. The van der Waals surface area contributed by atoms with E-state index in [1.54, 1.807) is 20.2 Å². The van der Waals surface area contributed by atoms with Gasteiger partial charge in [0.25, 0.3) is 5.91 Å². The molecule has 0 saturated heterocycles. The number of benzene rings is 1. The molecule has 4 unspecified atom stereocenters. The maximum absolute atomic E-state index is 13.6. The van der Waals surface area contributed by atoms with Gasteiger partial charge in [0.15, 0.2) is 11.4 Å². The minimum absolute atomic E-state index is 0.0780. The number of carbonyl (C=O) groups excluding carboxylic acids is 3. The number of phenols is 1. The lowest BCUT2D eigenvalue weighted by Crippen LogP contribution is -2.65. The minimum Gasteiger partial charge on any atom is -0.508 e. The van der Waals surface area contributed by atoms with Gasteiger partial charge in [-0.05, 0) is 89.7 Å². The van der Waals surface area contributed by atoms with Gasteiger partial charge < -0.3 is 26.2 Å². The molecular formula is C21H20I2N2O7. The summed E-state index contributed by atoms with van der Waals surface area (Å²) in [4.78, 5) is 40.1. The van der Waals surface area contributed by atoms with Crippen LogP contribution in [0.3, 0.4) is 0 Å². The van der Waals surface area contributed by atoms with Crippen molar-refractivity contribution in [1.29, 1.82) is 0 Å². The number of amides is 1. The number of phenolic OH excluding ortho intramolecular Hbond substituents is 1. The first-order valence-electron chi connectivity index (χ1n) is 9.68. The summed E-state index contributed by atoms with van der Waals surface area (Å²) < 4.78 is 1.27. The van der Waals surface area contributed by atoms with Gasteiger partial charge in [0.05, 0.1) is 15.2 Å². The average molecular weight is 666 g/mol. The van der Waals surface area contributed by atoms with E-state index >= 15 is 0 Å². The van der Waals surface area contributed by atoms with Crippen molar-refractivity contribution in [3.05, 3.63) is 41.2 Å². The summed E-state index contributed by atoms with van der Waals surface area (Å²) >= 11 is 4.00. The molecule has 1 aromatic carbocycles. The molecule has 0 bridgehead atoms. The first-order chi connectivity index (χ1) is 14.8. The Balaban J connectivity index is 2.00. The smallest absolute Gasteiger partial charge is 0.255 e. The van der Waals surface area contributed by atoms with Gasteiger partial charge in [0.1, 0.15) is 22.8 Å². The van der Waals surface area contributed by atoms with Crippen molar-refractivity contribution in [2.45, 2.75) is 24.5 Å². The fraction of sp³-hybridized carbons (Fsp3) is 0.381. The van der Waals surface area contributed by atoms with Crippen LogP contribution in [-0.4, -0.2) is 68.5 Å². The maximum atomic E-state index is 13.6. The normalized spacial score (nSPS) is 29.8. The zero-order valence-electron chi connectivity index (χ0n) is 17.0. The van der Waals surface area contributed by atoms with E-state index in [-0.39, 0.29) is 29.7 Å². The Morgan fingerprint density at radius 2 is 1.81 bits per heavy atom. The highest BCUT2D eigenvalue weighted by molar-refractivity contribution is 14.1. The average Bonchev–Trinajstić information content (AvgIpc) is 2.68. The van der Waals surface area contributed by atoms with E-state index < -0.39 is 58.0 Å². The second-order valence-corrected chi connectivity index (χ2v) is 10.8. The number of halogens is 2. The zero-order valence-corrected chi connectivity index (χ0v) is 21.3. The van der Waals surface area contributed by atoms with Crippen LogP contribution in [0.2, 0.25) is 0 Å². The fourth-order valence-corrected chi connectivity index (χ4v) is 7.21. The molecule has 4 atom stereocenters. The molecule has 1 amide bonds. The number of carbonyl (C=O) groups is 3. The molecule has 0 aromatic heterocycles. The molecule has 11 heteroatoms. The first kappa shape index (κ1) is 23.4. The molecule has 9 nitrogen and oxygen atoms in total. The lowest BCUT2D eigenvalue weighted by atomic mass is 9.57. The quantitative estimate of drug-likeness (QED) is 0.233. The molecule has 0 aliphatic heterocycles. The van der Waals surface area contributed by atoms with Crippen LogP contribution in [0.15, 0.2) is 23.0 Å². The first-order valence-corrected chi connectivity index (χ1v) is 11.8. The Hall–Kier alpha value is -1.71. The molecule has 0 spiro atoms. The highest BCUT2D eigenvalue weighted by Gasteiger charge is 2.64. The Kier molecular flexibility index (Phi) is 5.62.